The van der Waals surface area contributed by atoms with Gasteiger partial charge in [-0.3, -0.25) is 4.79 Å². The standard InChI is InChI=1S/C26H31ClO4/c1-2-3-5-8-19-11-13-21(14-12-19)25(28)31-22-15-16-23(24(27)17-22)26(29)30-18-20-9-6-4-7-10-20/h4,6-7,9-10,15-17,19,21H,2-3,5,8,11-14,18H2,1H3. The average Bonchev–Trinajstić information content (AvgIpc) is 2.79. The molecule has 1 saturated carbocycles. The summed E-state index contributed by atoms with van der Waals surface area (Å²) < 4.78 is 10.9. The molecule has 0 unspecified atom stereocenters. The Kier molecular flexibility index (Phi) is 8.96. The SMILES string of the molecule is CCCCCC1CCC(C(=O)Oc2ccc(C(=O)OCc3ccccc3)c(Cl)c2)CC1. The van der Waals surface area contributed by atoms with E-state index >= 15 is 0 Å². The van der Waals surface area contributed by atoms with Gasteiger partial charge in [-0.15, -0.1) is 0 Å². The van der Waals surface area contributed by atoms with Crippen molar-refractivity contribution in [1.29, 1.82) is 0 Å². The highest BCUT2D eigenvalue weighted by molar-refractivity contribution is 6.33. The fourth-order valence-corrected chi connectivity index (χ4v) is 4.34. The Labute approximate surface area is 189 Å². The third-order valence-corrected chi connectivity index (χ3v) is 6.30. The van der Waals surface area contributed by atoms with Gasteiger partial charge in [0.1, 0.15) is 12.4 Å². The highest BCUT2D eigenvalue weighted by Crippen LogP contribution is 2.33. The second kappa shape index (κ2) is 11.9. The first kappa shape index (κ1) is 23.3. The number of esters is 2. The van der Waals surface area contributed by atoms with Crippen LogP contribution < -0.4 is 4.74 Å². The Hall–Kier alpha value is -2.33. The number of ether oxygens (including phenoxy) is 2. The van der Waals surface area contributed by atoms with Crippen LogP contribution in [0.3, 0.4) is 0 Å². The van der Waals surface area contributed by atoms with Crippen molar-refractivity contribution < 1.29 is 19.1 Å². The Morgan fingerprint density at radius 3 is 2.42 bits per heavy atom. The van der Waals surface area contributed by atoms with E-state index in [0.29, 0.717) is 5.75 Å². The lowest BCUT2D eigenvalue weighted by Crippen LogP contribution is -2.25. The first-order valence-corrected chi connectivity index (χ1v) is 11.7. The zero-order chi connectivity index (χ0) is 22.1. The van der Waals surface area contributed by atoms with Crippen LogP contribution in [0.1, 0.15) is 74.2 Å². The predicted octanol–water partition coefficient (Wildman–Crippen LogP) is 6.99. The van der Waals surface area contributed by atoms with Crippen LogP contribution in [0.2, 0.25) is 5.02 Å². The Bertz CT molecular complexity index is 857. The number of rotatable bonds is 9. The van der Waals surface area contributed by atoms with E-state index in [0.717, 1.165) is 37.2 Å². The van der Waals surface area contributed by atoms with E-state index in [4.69, 9.17) is 21.1 Å². The van der Waals surface area contributed by atoms with E-state index in [2.05, 4.69) is 6.92 Å². The lowest BCUT2D eigenvalue weighted by molar-refractivity contribution is -0.140. The molecule has 4 nitrogen and oxygen atoms in total. The van der Waals surface area contributed by atoms with Gasteiger partial charge in [0, 0.05) is 6.07 Å². The molecule has 2 aromatic carbocycles. The van der Waals surface area contributed by atoms with Crippen molar-refractivity contribution in [3.8, 4) is 5.75 Å². The third-order valence-electron chi connectivity index (χ3n) is 5.99. The van der Waals surface area contributed by atoms with Gasteiger partial charge >= 0.3 is 11.9 Å². The molecule has 0 spiro atoms. The van der Waals surface area contributed by atoms with E-state index < -0.39 is 5.97 Å². The average molecular weight is 443 g/mol. The van der Waals surface area contributed by atoms with Crippen molar-refractivity contribution in [2.24, 2.45) is 11.8 Å². The maximum absolute atomic E-state index is 12.6. The molecular weight excluding hydrogens is 412 g/mol. The number of hydrogen-bond donors (Lipinski definition) is 0. The molecular formula is C26H31ClO4. The van der Waals surface area contributed by atoms with Gasteiger partial charge in [0.15, 0.2) is 0 Å². The van der Waals surface area contributed by atoms with Gasteiger partial charge in [0.05, 0.1) is 16.5 Å². The van der Waals surface area contributed by atoms with Gasteiger partial charge in [-0.1, -0.05) is 74.5 Å². The topological polar surface area (TPSA) is 52.6 Å². The second-order valence-corrected chi connectivity index (χ2v) is 8.75. The highest BCUT2D eigenvalue weighted by Gasteiger charge is 2.27. The molecule has 0 aromatic heterocycles. The van der Waals surface area contributed by atoms with Crippen LogP contribution in [0.15, 0.2) is 48.5 Å². The zero-order valence-corrected chi connectivity index (χ0v) is 18.9. The number of carbonyl (C=O) groups excluding carboxylic acids is 2. The molecule has 0 atom stereocenters. The summed E-state index contributed by atoms with van der Waals surface area (Å²) in [4.78, 5) is 24.9. The number of unbranched alkanes of at least 4 members (excludes halogenated alkanes) is 2. The Balaban J connectivity index is 1.48. The minimum atomic E-state index is -0.506. The third kappa shape index (κ3) is 7.10. The summed E-state index contributed by atoms with van der Waals surface area (Å²) >= 11 is 6.26. The maximum Gasteiger partial charge on any atom is 0.339 e. The van der Waals surface area contributed by atoms with Crippen LogP contribution in [0.25, 0.3) is 0 Å². The van der Waals surface area contributed by atoms with Crippen molar-refractivity contribution in [1.82, 2.24) is 0 Å². The van der Waals surface area contributed by atoms with Crippen LogP contribution in [0.5, 0.6) is 5.75 Å². The van der Waals surface area contributed by atoms with Crippen molar-refractivity contribution in [3.63, 3.8) is 0 Å². The monoisotopic (exact) mass is 442 g/mol. The molecule has 1 aliphatic rings. The minimum Gasteiger partial charge on any atom is -0.457 e. The molecule has 1 fully saturated rings. The minimum absolute atomic E-state index is 0.0586. The number of halogens is 1. The predicted molar refractivity (Wildman–Crippen MR) is 122 cm³/mol. The normalized spacial score (nSPS) is 18.4. The summed E-state index contributed by atoms with van der Waals surface area (Å²) in [6.07, 6.45) is 9.04. The summed E-state index contributed by atoms with van der Waals surface area (Å²) in [5, 5.41) is 0.211. The van der Waals surface area contributed by atoms with E-state index in [9.17, 15) is 9.59 Å². The number of benzene rings is 2. The van der Waals surface area contributed by atoms with E-state index in [-0.39, 0.29) is 29.1 Å². The molecule has 3 rings (SSSR count). The zero-order valence-electron chi connectivity index (χ0n) is 18.1. The van der Waals surface area contributed by atoms with Crippen LogP contribution in [0, 0.1) is 11.8 Å². The molecule has 0 radical (unpaired) electrons. The van der Waals surface area contributed by atoms with Crippen molar-refractivity contribution in [2.75, 3.05) is 0 Å². The molecule has 31 heavy (non-hydrogen) atoms. The molecule has 0 heterocycles. The summed E-state index contributed by atoms with van der Waals surface area (Å²) in [7, 11) is 0. The smallest absolute Gasteiger partial charge is 0.339 e. The summed E-state index contributed by atoms with van der Waals surface area (Å²) in [6.45, 7) is 2.40. The van der Waals surface area contributed by atoms with Crippen LogP contribution in [-0.4, -0.2) is 11.9 Å². The van der Waals surface area contributed by atoms with Crippen molar-refractivity contribution in [2.45, 2.75) is 64.9 Å². The highest BCUT2D eigenvalue weighted by atomic mass is 35.5. The summed E-state index contributed by atoms with van der Waals surface area (Å²) in [5.74, 6) is 0.332. The van der Waals surface area contributed by atoms with E-state index in [1.165, 1.54) is 31.7 Å². The van der Waals surface area contributed by atoms with Crippen LogP contribution in [-0.2, 0) is 16.1 Å². The molecule has 0 amide bonds. The lowest BCUT2D eigenvalue weighted by atomic mass is 9.80. The fourth-order valence-electron chi connectivity index (χ4n) is 4.10. The molecule has 0 N–H and O–H groups in total. The number of hydrogen-bond acceptors (Lipinski definition) is 4. The first-order chi connectivity index (χ1) is 15.1. The van der Waals surface area contributed by atoms with Gasteiger partial charge in [-0.2, -0.15) is 0 Å². The molecule has 5 heteroatoms. The Morgan fingerprint density at radius 2 is 1.74 bits per heavy atom. The summed E-state index contributed by atoms with van der Waals surface area (Å²) in [5.41, 5.74) is 1.16. The molecule has 1 aliphatic carbocycles. The van der Waals surface area contributed by atoms with Gasteiger partial charge < -0.3 is 9.47 Å². The van der Waals surface area contributed by atoms with Gasteiger partial charge in [-0.05, 0) is 49.3 Å². The van der Waals surface area contributed by atoms with Crippen molar-refractivity contribution >= 4 is 23.5 Å². The van der Waals surface area contributed by atoms with E-state index in [1.54, 1.807) is 12.1 Å². The molecule has 166 valence electrons. The fraction of sp³-hybridized carbons (Fsp3) is 0.462. The van der Waals surface area contributed by atoms with E-state index in [1.807, 2.05) is 30.3 Å². The molecule has 0 bridgehead atoms. The second-order valence-electron chi connectivity index (χ2n) is 8.34. The largest absolute Gasteiger partial charge is 0.457 e. The number of carbonyl (C=O) groups is 2. The van der Waals surface area contributed by atoms with Crippen LogP contribution >= 0.6 is 11.6 Å². The molecule has 0 aliphatic heterocycles. The van der Waals surface area contributed by atoms with Crippen molar-refractivity contribution in [3.05, 3.63) is 64.7 Å². The van der Waals surface area contributed by atoms with Gasteiger partial charge in [0.25, 0.3) is 0 Å². The van der Waals surface area contributed by atoms with Gasteiger partial charge in [-0.25, -0.2) is 4.79 Å². The molecule has 0 saturated heterocycles. The van der Waals surface area contributed by atoms with Crippen LogP contribution in [0.4, 0.5) is 0 Å². The van der Waals surface area contributed by atoms with Gasteiger partial charge in [0.2, 0.25) is 0 Å². The quantitative estimate of drug-likeness (QED) is 0.238. The molecule has 2 aromatic rings. The Morgan fingerprint density at radius 1 is 1.00 bits per heavy atom. The summed E-state index contributed by atoms with van der Waals surface area (Å²) in [6, 6.07) is 14.1. The lowest BCUT2D eigenvalue weighted by Gasteiger charge is -2.27. The maximum atomic E-state index is 12.6. The first-order valence-electron chi connectivity index (χ1n) is 11.3.